The van der Waals surface area contributed by atoms with E-state index in [1.807, 2.05) is 18.2 Å². The molecule has 0 spiro atoms. The van der Waals surface area contributed by atoms with Crippen LogP contribution in [0, 0.1) is 0 Å². The summed E-state index contributed by atoms with van der Waals surface area (Å²) in [7, 11) is 1.79. The van der Waals surface area contributed by atoms with Crippen molar-refractivity contribution in [3.63, 3.8) is 0 Å². The van der Waals surface area contributed by atoms with Crippen LogP contribution in [0.15, 0.2) is 30.3 Å². The van der Waals surface area contributed by atoms with Crippen molar-refractivity contribution in [1.82, 2.24) is 15.5 Å². The lowest BCUT2D eigenvalue weighted by Crippen LogP contribution is -2.50. The second-order valence-electron chi connectivity index (χ2n) is 8.81. The molecule has 2 aliphatic rings. The smallest absolute Gasteiger partial charge is 0.317 e. The number of nitrogens with one attached hydrogen (secondary N) is 2. The zero-order valence-electron chi connectivity index (χ0n) is 17.7. The van der Waals surface area contributed by atoms with E-state index in [-0.39, 0.29) is 29.4 Å². The number of amides is 3. The highest BCUT2D eigenvalue weighted by Crippen LogP contribution is 2.39. The lowest BCUT2D eigenvalue weighted by atomic mass is 9.74. The third-order valence-electron chi connectivity index (χ3n) is 6.84. The molecule has 3 amide bonds. The minimum Gasteiger partial charge on any atom is -0.391 e. The van der Waals surface area contributed by atoms with Crippen LogP contribution in [0.1, 0.15) is 63.9 Å². The Labute approximate surface area is 174 Å². The van der Waals surface area contributed by atoms with Crippen molar-refractivity contribution < 1.29 is 14.7 Å². The van der Waals surface area contributed by atoms with Crippen LogP contribution in [-0.4, -0.2) is 53.7 Å². The van der Waals surface area contributed by atoms with Gasteiger partial charge in [-0.25, -0.2) is 4.79 Å². The number of carbonyl (C=O) groups is 2. The molecule has 2 saturated carbocycles. The molecular weight excluding hydrogens is 366 g/mol. The van der Waals surface area contributed by atoms with Crippen LogP contribution in [0.2, 0.25) is 0 Å². The Morgan fingerprint density at radius 3 is 2.41 bits per heavy atom. The number of benzene rings is 1. The quantitative estimate of drug-likeness (QED) is 0.664. The molecule has 3 N–H and O–H groups in total. The number of nitrogens with zero attached hydrogens (tertiary/aromatic N) is 1. The molecule has 0 aliphatic heterocycles. The van der Waals surface area contributed by atoms with Crippen molar-refractivity contribution in [2.75, 3.05) is 13.6 Å². The summed E-state index contributed by atoms with van der Waals surface area (Å²) in [5.41, 5.74) is 0.950. The largest absolute Gasteiger partial charge is 0.391 e. The summed E-state index contributed by atoms with van der Waals surface area (Å²) in [6.07, 6.45) is 6.73. The van der Waals surface area contributed by atoms with Crippen LogP contribution in [0.5, 0.6) is 0 Å². The van der Waals surface area contributed by atoms with Gasteiger partial charge in [-0.3, -0.25) is 4.79 Å². The predicted octanol–water partition coefficient (Wildman–Crippen LogP) is 2.95. The third-order valence-corrected chi connectivity index (χ3v) is 6.84. The van der Waals surface area contributed by atoms with Gasteiger partial charge in [0.1, 0.15) is 0 Å². The van der Waals surface area contributed by atoms with Crippen molar-refractivity contribution in [1.29, 1.82) is 0 Å². The van der Waals surface area contributed by atoms with Crippen LogP contribution in [0.25, 0.3) is 0 Å². The fourth-order valence-electron chi connectivity index (χ4n) is 4.96. The van der Waals surface area contributed by atoms with Crippen molar-refractivity contribution in [3.05, 3.63) is 35.9 Å². The van der Waals surface area contributed by atoms with Gasteiger partial charge in [-0.05, 0) is 44.1 Å². The normalized spacial score (nSPS) is 27.8. The second-order valence-corrected chi connectivity index (χ2v) is 8.81. The molecular formula is C23H35N3O3. The molecule has 6 heteroatoms. The molecule has 0 unspecified atom stereocenters. The molecule has 0 radical (unpaired) electrons. The highest BCUT2D eigenvalue weighted by molar-refractivity contribution is 5.74. The third kappa shape index (κ3) is 5.30. The Morgan fingerprint density at radius 1 is 1.10 bits per heavy atom. The minimum atomic E-state index is -0.572. The fourth-order valence-corrected chi connectivity index (χ4v) is 4.96. The molecule has 2 fully saturated rings. The summed E-state index contributed by atoms with van der Waals surface area (Å²) in [6, 6.07) is 10.2. The summed E-state index contributed by atoms with van der Waals surface area (Å²) in [5, 5.41) is 17.0. The lowest BCUT2D eigenvalue weighted by molar-refractivity contribution is -0.119. The highest BCUT2D eigenvalue weighted by Gasteiger charge is 2.40. The maximum Gasteiger partial charge on any atom is 0.317 e. The van der Waals surface area contributed by atoms with Crippen LogP contribution in [0.4, 0.5) is 4.79 Å². The number of aliphatic hydroxyl groups is 1. The summed E-state index contributed by atoms with van der Waals surface area (Å²) < 4.78 is 0. The predicted molar refractivity (Wildman–Crippen MR) is 114 cm³/mol. The monoisotopic (exact) mass is 401 g/mol. The number of aliphatic hydroxyl groups excluding tert-OH is 1. The first-order valence-corrected chi connectivity index (χ1v) is 10.9. The summed E-state index contributed by atoms with van der Waals surface area (Å²) in [4.78, 5) is 26.1. The van der Waals surface area contributed by atoms with Crippen LogP contribution < -0.4 is 10.6 Å². The second kappa shape index (κ2) is 9.61. The first kappa shape index (κ1) is 21.6. The number of rotatable bonds is 5. The van der Waals surface area contributed by atoms with Crippen LogP contribution in [0.3, 0.4) is 0 Å². The van der Waals surface area contributed by atoms with E-state index >= 15 is 0 Å². The standard InChI is InChI=1S/C23H35N3O3/c1-17(27)24-16-23(18-8-4-3-5-9-18)14-12-20(21(28)13-15-23)26(2)22(29)25-19-10-6-7-11-19/h3-5,8-9,19-21,28H,6-7,10-16H2,1-2H3,(H,24,27)(H,25,29)/t20-,21-,23+/m0/s1. The summed E-state index contributed by atoms with van der Waals surface area (Å²) >= 11 is 0. The van der Waals surface area contributed by atoms with Gasteiger partial charge in [0, 0.05) is 32.0 Å². The maximum atomic E-state index is 12.7. The van der Waals surface area contributed by atoms with E-state index in [1.54, 1.807) is 11.9 Å². The highest BCUT2D eigenvalue weighted by atomic mass is 16.3. The van der Waals surface area contributed by atoms with Gasteiger partial charge in [0.25, 0.3) is 0 Å². The van der Waals surface area contributed by atoms with Crippen molar-refractivity contribution >= 4 is 11.9 Å². The molecule has 1 aromatic carbocycles. The van der Waals surface area contributed by atoms with E-state index in [2.05, 4.69) is 22.8 Å². The van der Waals surface area contributed by atoms with Crippen LogP contribution >= 0.6 is 0 Å². The number of likely N-dealkylation sites (N-methyl/N-ethyl adjacent to an activating group) is 1. The zero-order valence-corrected chi connectivity index (χ0v) is 17.7. The van der Waals surface area contributed by atoms with Crippen molar-refractivity contribution in [2.45, 2.75) is 81.9 Å². The summed E-state index contributed by atoms with van der Waals surface area (Å²) in [6.45, 7) is 2.08. The first-order chi connectivity index (χ1) is 13.9. The maximum absolute atomic E-state index is 12.7. The van der Waals surface area contributed by atoms with Crippen molar-refractivity contribution in [3.8, 4) is 0 Å². The average Bonchev–Trinajstić information content (AvgIpc) is 3.16. The number of carbonyl (C=O) groups excluding carboxylic acids is 2. The van der Waals surface area contributed by atoms with Gasteiger partial charge in [0.2, 0.25) is 5.91 Å². The van der Waals surface area contributed by atoms with E-state index < -0.39 is 6.10 Å². The van der Waals surface area contributed by atoms with Gasteiger partial charge in [-0.15, -0.1) is 0 Å². The molecule has 29 heavy (non-hydrogen) atoms. The summed E-state index contributed by atoms with van der Waals surface area (Å²) in [5.74, 6) is -0.0466. The molecule has 0 aromatic heterocycles. The van der Waals surface area contributed by atoms with Gasteiger partial charge < -0.3 is 20.6 Å². The van der Waals surface area contributed by atoms with Gasteiger partial charge >= 0.3 is 6.03 Å². The molecule has 160 valence electrons. The van der Waals surface area contributed by atoms with Gasteiger partial charge in [0.15, 0.2) is 0 Å². The Hall–Kier alpha value is -2.08. The molecule has 0 bridgehead atoms. The van der Waals surface area contributed by atoms with Gasteiger partial charge in [-0.1, -0.05) is 43.2 Å². The number of hydrogen-bond donors (Lipinski definition) is 3. The Bertz CT molecular complexity index is 690. The average molecular weight is 402 g/mol. The first-order valence-electron chi connectivity index (χ1n) is 10.9. The molecule has 0 saturated heterocycles. The molecule has 2 aliphatic carbocycles. The van der Waals surface area contributed by atoms with E-state index in [0.29, 0.717) is 19.4 Å². The Balaban J connectivity index is 1.73. The SMILES string of the molecule is CC(=O)NC[C@]1(c2ccccc2)CC[C@H](O)[C@@H](N(C)C(=O)NC2CCCC2)CC1. The molecule has 3 rings (SSSR count). The number of urea groups is 1. The molecule has 6 nitrogen and oxygen atoms in total. The van der Waals surface area contributed by atoms with Crippen LogP contribution in [-0.2, 0) is 10.2 Å². The molecule has 0 heterocycles. The Kier molecular flexibility index (Phi) is 7.17. The van der Waals surface area contributed by atoms with E-state index in [9.17, 15) is 14.7 Å². The lowest BCUT2D eigenvalue weighted by Gasteiger charge is -2.34. The topological polar surface area (TPSA) is 81.7 Å². The Morgan fingerprint density at radius 2 is 1.76 bits per heavy atom. The zero-order chi connectivity index (χ0) is 20.9. The molecule has 3 atom stereocenters. The fraction of sp³-hybridized carbons (Fsp3) is 0.652. The number of hydrogen-bond acceptors (Lipinski definition) is 3. The van der Waals surface area contributed by atoms with Gasteiger partial charge in [0.05, 0.1) is 12.1 Å². The van der Waals surface area contributed by atoms with E-state index in [1.165, 1.54) is 25.3 Å². The minimum absolute atomic E-state index is 0.0466. The molecule has 1 aromatic rings. The van der Waals surface area contributed by atoms with E-state index in [4.69, 9.17) is 0 Å². The van der Waals surface area contributed by atoms with Crippen molar-refractivity contribution in [2.24, 2.45) is 0 Å². The van der Waals surface area contributed by atoms with Gasteiger partial charge in [-0.2, -0.15) is 0 Å². The van der Waals surface area contributed by atoms with E-state index in [0.717, 1.165) is 25.7 Å².